The van der Waals surface area contributed by atoms with Gasteiger partial charge in [-0.2, -0.15) is 39.5 Å². The van der Waals surface area contributed by atoms with Crippen molar-refractivity contribution in [1.29, 1.82) is 0 Å². The fourth-order valence-corrected chi connectivity index (χ4v) is 2.27. The highest BCUT2D eigenvalue weighted by molar-refractivity contribution is 5.73. The third-order valence-electron chi connectivity index (χ3n) is 3.80. The number of carboxylic acids is 2. The number of anilines is 1. The van der Waals surface area contributed by atoms with Crippen LogP contribution in [-0.4, -0.2) is 83.3 Å². The van der Waals surface area contributed by atoms with Crippen molar-refractivity contribution in [1.82, 2.24) is 9.88 Å². The molecule has 0 spiro atoms. The van der Waals surface area contributed by atoms with Crippen LogP contribution in [0, 0.1) is 0 Å². The Bertz CT molecular complexity index is 693. The molecule has 0 aliphatic carbocycles. The Hall–Kier alpha value is -2.78. The molecule has 16 heteroatoms. The highest BCUT2D eigenvalue weighted by Crippen LogP contribution is 2.22. The van der Waals surface area contributed by atoms with Crippen LogP contribution in [0.2, 0.25) is 0 Å². The zero-order chi connectivity index (χ0) is 25.9. The number of hydrogen-bond donors (Lipinski definition) is 2. The normalized spacial score (nSPS) is 15.0. The second kappa shape index (κ2) is 13.1. The number of alkyl halides is 9. The maximum Gasteiger partial charge on any atom is 0.490 e. The van der Waals surface area contributed by atoms with E-state index in [1.54, 1.807) is 6.20 Å². The van der Waals surface area contributed by atoms with Crippen molar-refractivity contribution in [2.75, 3.05) is 37.6 Å². The molecule has 0 amide bonds. The number of piperazine rings is 1. The summed E-state index contributed by atoms with van der Waals surface area (Å²) in [7, 11) is 0. The molecule has 190 valence electrons. The van der Waals surface area contributed by atoms with Gasteiger partial charge >= 0.3 is 30.5 Å². The van der Waals surface area contributed by atoms with Crippen molar-refractivity contribution in [3.05, 3.63) is 24.5 Å². The van der Waals surface area contributed by atoms with Crippen molar-refractivity contribution in [3.63, 3.8) is 0 Å². The summed E-state index contributed by atoms with van der Waals surface area (Å²) in [5.74, 6) is -5.51. The van der Waals surface area contributed by atoms with Gasteiger partial charge in [0.15, 0.2) is 0 Å². The molecule has 1 aromatic heterocycles. The molecule has 0 bridgehead atoms. The number of halogens is 9. The standard InChI is InChI=1S/C13H18F3N3.2C2HF3O2/c14-13(15,16)4-2-6-18-7-9-19(10-8-18)12-3-1-5-17-11-12;2*3-2(4,5)1(6)7/h1,3,5,11H,2,4,6-10H2;2*(H,6,7). The van der Waals surface area contributed by atoms with Gasteiger partial charge in [0.2, 0.25) is 0 Å². The lowest BCUT2D eigenvalue weighted by Gasteiger charge is -2.35. The van der Waals surface area contributed by atoms with Crippen molar-refractivity contribution in [2.45, 2.75) is 31.4 Å². The average Bonchev–Trinajstić information content (AvgIpc) is 2.68. The first-order valence-electron chi connectivity index (χ1n) is 8.98. The molecule has 1 aromatic rings. The molecule has 7 nitrogen and oxygen atoms in total. The van der Waals surface area contributed by atoms with Gasteiger partial charge in [0.05, 0.1) is 11.9 Å². The van der Waals surface area contributed by atoms with Gasteiger partial charge in [0.25, 0.3) is 0 Å². The second-order valence-electron chi connectivity index (χ2n) is 6.36. The molecule has 1 saturated heterocycles. The summed E-state index contributed by atoms with van der Waals surface area (Å²) < 4.78 is 99.7. The third kappa shape index (κ3) is 14.8. The van der Waals surface area contributed by atoms with E-state index in [2.05, 4.69) is 14.8 Å². The first kappa shape index (κ1) is 30.2. The maximum atomic E-state index is 12.1. The number of aromatic nitrogens is 1. The topological polar surface area (TPSA) is 94.0 Å². The van der Waals surface area contributed by atoms with Crippen LogP contribution >= 0.6 is 0 Å². The molecule has 33 heavy (non-hydrogen) atoms. The predicted molar refractivity (Wildman–Crippen MR) is 95.6 cm³/mol. The van der Waals surface area contributed by atoms with Crippen LogP contribution in [0.25, 0.3) is 0 Å². The Morgan fingerprint density at radius 2 is 1.33 bits per heavy atom. The van der Waals surface area contributed by atoms with E-state index in [1.807, 2.05) is 18.3 Å². The number of pyridine rings is 1. The monoisotopic (exact) mass is 501 g/mol. The summed E-state index contributed by atoms with van der Waals surface area (Å²) in [6.07, 6.45) is -11.1. The van der Waals surface area contributed by atoms with Gasteiger partial charge in [0.1, 0.15) is 0 Å². The summed E-state index contributed by atoms with van der Waals surface area (Å²) in [5.41, 5.74) is 1.08. The minimum Gasteiger partial charge on any atom is -0.475 e. The van der Waals surface area contributed by atoms with Gasteiger partial charge in [-0.1, -0.05) is 0 Å². The number of carboxylic acid groups (broad SMARTS) is 2. The number of hydrogen-bond acceptors (Lipinski definition) is 5. The molecule has 2 heterocycles. The lowest BCUT2D eigenvalue weighted by atomic mass is 10.2. The second-order valence-corrected chi connectivity index (χ2v) is 6.36. The average molecular weight is 501 g/mol. The van der Waals surface area contributed by atoms with E-state index in [0.29, 0.717) is 6.54 Å². The molecular weight excluding hydrogens is 481 g/mol. The third-order valence-corrected chi connectivity index (χ3v) is 3.80. The van der Waals surface area contributed by atoms with Crippen LogP contribution in [0.5, 0.6) is 0 Å². The van der Waals surface area contributed by atoms with Gasteiger partial charge in [-0.25, -0.2) is 9.59 Å². The highest BCUT2D eigenvalue weighted by Gasteiger charge is 2.38. The van der Waals surface area contributed by atoms with Gasteiger partial charge < -0.3 is 15.1 Å². The molecule has 1 aliphatic rings. The van der Waals surface area contributed by atoms with E-state index in [-0.39, 0.29) is 6.42 Å². The van der Waals surface area contributed by atoms with Crippen LogP contribution in [0.4, 0.5) is 45.2 Å². The Labute approximate surface area is 181 Å². The summed E-state index contributed by atoms with van der Waals surface area (Å²) >= 11 is 0. The van der Waals surface area contributed by atoms with E-state index in [9.17, 15) is 39.5 Å². The van der Waals surface area contributed by atoms with Crippen molar-refractivity contribution in [3.8, 4) is 0 Å². The lowest BCUT2D eigenvalue weighted by molar-refractivity contribution is -0.193. The SMILES string of the molecule is FC(F)(F)CCCN1CCN(c2cccnc2)CC1.O=C(O)C(F)(F)F.O=C(O)C(F)(F)F. The Balaban J connectivity index is 0.000000605. The Morgan fingerprint density at radius 1 is 0.879 bits per heavy atom. The smallest absolute Gasteiger partial charge is 0.475 e. The Kier molecular flexibility index (Phi) is 12.0. The van der Waals surface area contributed by atoms with E-state index < -0.39 is 36.9 Å². The van der Waals surface area contributed by atoms with Crippen LogP contribution in [0.15, 0.2) is 24.5 Å². The maximum absolute atomic E-state index is 12.1. The van der Waals surface area contributed by atoms with E-state index in [4.69, 9.17) is 19.8 Å². The van der Waals surface area contributed by atoms with E-state index in [0.717, 1.165) is 31.9 Å². The summed E-state index contributed by atoms with van der Waals surface area (Å²) in [6.45, 7) is 3.84. The highest BCUT2D eigenvalue weighted by atomic mass is 19.4. The molecule has 1 aliphatic heterocycles. The summed E-state index contributed by atoms with van der Waals surface area (Å²) in [4.78, 5) is 26.2. The van der Waals surface area contributed by atoms with E-state index in [1.165, 1.54) is 0 Å². The molecule has 0 unspecified atom stereocenters. The molecule has 1 fully saturated rings. The van der Waals surface area contributed by atoms with Gasteiger partial charge in [-0.15, -0.1) is 0 Å². The zero-order valence-electron chi connectivity index (χ0n) is 16.7. The van der Waals surface area contributed by atoms with Crippen LogP contribution < -0.4 is 4.90 Å². The van der Waals surface area contributed by atoms with Crippen molar-refractivity contribution in [2.24, 2.45) is 0 Å². The summed E-state index contributed by atoms with van der Waals surface area (Å²) in [5, 5.41) is 14.2. The minimum atomic E-state index is -5.08. The van der Waals surface area contributed by atoms with Gasteiger partial charge in [-0.3, -0.25) is 9.88 Å². The summed E-state index contributed by atoms with van der Waals surface area (Å²) in [6, 6.07) is 3.90. The quantitative estimate of drug-likeness (QED) is 0.606. The van der Waals surface area contributed by atoms with Crippen molar-refractivity contribution >= 4 is 17.6 Å². The molecule has 0 aromatic carbocycles. The fraction of sp³-hybridized carbons (Fsp3) is 0.588. The predicted octanol–water partition coefficient (Wildman–Crippen LogP) is 3.81. The number of aliphatic carboxylic acids is 2. The largest absolute Gasteiger partial charge is 0.490 e. The Morgan fingerprint density at radius 3 is 1.67 bits per heavy atom. The molecule has 0 atom stereocenters. The van der Waals surface area contributed by atoms with Gasteiger partial charge in [-0.05, 0) is 25.1 Å². The van der Waals surface area contributed by atoms with E-state index >= 15 is 0 Å². The molecular formula is C17H20F9N3O4. The van der Waals surface area contributed by atoms with Crippen molar-refractivity contribution < 1.29 is 59.3 Å². The molecule has 0 radical (unpaired) electrons. The minimum absolute atomic E-state index is 0.191. The van der Waals surface area contributed by atoms with Crippen LogP contribution in [0.3, 0.4) is 0 Å². The molecule has 0 saturated carbocycles. The number of carbonyl (C=O) groups is 2. The first-order valence-corrected chi connectivity index (χ1v) is 8.98. The first-order chi connectivity index (χ1) is 14.9. The zero-order valence-corrected chi connectivity index (χ0v) is 16.7. The van der Waals surface area contributed by atoms with Crippen LogP contribution in [-0.2, 0) is 9.59 Å². The van der Waals surface area contributed by atoms with Crippen LogP contribution in [0.1, 0.15) is 12.8 Å². The fourth-order valence-electron chi connectivity index (χ4n) is 2.27. The number of nitrogens with zero attached hydrogens (tertiary/aromatic N) is 3. The molecule has 2 rings (SSSR count). The number of rotatable bonds is 4. The lowest BCUT2D eigenvalue weighted by Crippen LogP contribution is -2.46. The molecule has 2 N–H and O–H groups in total. The van der Waals surface area contributed by atoms with Gasteiger partial charge in [0, 0.05) is 38.8 Å².